The normalized spacial score (nSPS) is 20.8. The molecule has 2 heterocycles. The number of hydrogen-bond acceptors (Lipinski definition) is 4. The Morgan fingerprint density at radius 3 is 2.32 bits per heavy atom. The minimum absolute atomic E-state index is 0. The quantitative estimate of drug-likeness (QED) is 0.852. The van der Waals surface area contributed by atoms with E-state index in [1.54, 1.807) is 22.7 Å². The van der Waals surface area contributed by atoms with Gasteiger partial charge in [-0.05, 0) is 41.7 Å². The molecule has 1 aliphatic rings. The summed E-state index contributed by atoms with van der Waals surface area (Å²) in [6, 6.07) is 8.39. The van der Waals surface area contributed by atoms with Crippen LogP contribution in [0.25, 0.3) is 0 Å². The van der Waals surface area contributed by atoms with Crippen LogP contribution in [0.1, 0.15) is 41.5 Å². The van der Waals surface area contributed by atoms with Crippen molar-refractivity contribution in [2.45, 2.75) is 37.8 Å². The van der Waals surface area contributed by atoms with Gasteiger partial charge in [-0.15, -0.1) is 35.1 Å². The number of carbonyl (C=O) groups is 1. The average Bonchev–Trinajstić information content (AvgIpc) is 3.19. The lowest BCUT2D eigenvalue weighted by Crippen LogP contribution is -2.33. The molecule has 2 atom stereocenters. The van der Waals surface area contributed by atoms with Gasteiger partial charge in [-0.2, -0.15) is 0 Å². The second kappa shape index (κ2) is 8.11. The Kier molecular flexibility index (Phi) is 6.44. The first-order valence-electron chi connectivity index (χ1n) is 7.36. The van der Waals surface area contributed by atoms with Crippen molar-refractivity contribution < 1.29 is 4.79 Å². The lowest BCUT2D eigenvalue weighted by molar-refractivity contribution is -0.122. The molecule has 0 radical (unpaired) electrons. The maximum absolute atomic E-state index is 12.4. The molecule has 1 saturated carbocycles. The first kappa shape index (κ1) is 17.5. The number of carbonyl (C=O) groups excluding carboxylic acids is 1. The molecule has 2 aromatic rings. The molecule has 22 heavy (non-hydrogen) atoms. The first-order chi connectivity index (χ1) is 10.2. The number of thiophene rings is 2. The summed E-state index contributed by atoms with van der Waals surface area (Å²) in [5.41, 5.74) is 6.07. The van der Waals surface area contributed by atoms with Gasteiger partial charge in [0.05, 0.1) is 6.04 Å². The molecule has 120 valence electrons. The number of amides is 1. The van der Waals surface area contributed by atoms with Crippen LogP contribution in [-0.4, -0.2) is 11.9 Å². The van der Waals surface area contributed by atoms with Crippen molar-refractivity contribution in [2.75, 3.05) is 0 Å². The van der Waals surface area contributed by atoms with Gasteiger partial charge in [-0.1, -0.05) is 18.6 Å². The summed E-state index contributed by atoms with van der Waals surface area (Å²) < 4.78 is 0. The Hall–Kier alpha value is -0.880. The third-order valence-electron chi connectivity index (χ3n) is 4.13. The zero-order valence-corrected chi connectivity index (χ0v) is 14.7. The number of nitrogens with two attached hydrogens (primary N) is 1. The van der Waals surface area contributed by atoms with Crippen molar-refractivity contribution in [3.63, 3.8) is 0 Å². The number of nitrogens with one attached hydrogen (secondary N) is 1. The molecule has 0 spiro atoms. The van der Waals surface area contributed by atoms with Crippen molar-refractivity contribution in [3.05, 3.63) is 44.8 Å². The summed E-state index contributed by atoms with van der Waals surface area (Å²) >= 11 is 3.36. The highest BCUT2D eigenvalue weighted by Crippen LogP contribution is 2.31. The number of hydrogen-bond donors (Lipinski definition) is 2. The molecule has 1 fully saturated rings. The van der Waals surface area contributed by atoms with Crippen LogP contribution >= 0.6 is 35.1 Å². The van der Waals surface area contributed by atoms with Gasteiger partial charge in [-0.25, -0.2) is 0 Å². The number of rotatable bonds is 5. The maximum atomic E-state index is 12.4. The molecule has 3 rings (SSSR count). The van der Waals surface area contributed by atoms with E-state index in [0.717, 1.165) is 19.3 Å². The van der Waals surface area contributed by atoms with Gasteiger partial charge < -0.3 is 11.1 Å². The third kappa shape index (κ3) is 4.10. The van der Waals surface area contributed by atoms with Crippen molar-refractivity contribution >= 4 is 41.0 Å². The van der Waals surface area contributed by atoms with Crippen LogP contribution in [0.4, 0.5) is 0 Å². The molecule has 0 bridgehead atoms. The van der Waals surface area contributed by atoms with Crippen LogP contribution in [0.15, 0.2) is 35.0 Å². The highest BCUT2D eigenvalue weighted by Gasteiger charge is 2.27. The van der Waals surface area contributed by atoms with E-state index in [2.05, 4.69) is 28.2 Å². The van der Waals surface area contributed by atoms with E-state index in [9.17, 15) is 4.79 Å². The Morgan fingerprint density at radius 1 is 1.23 bits per heavy atom. The zero-order valence-electron chi connectivity index (χ0n) is 12.2. The summed E-state index contributed by atoms with van der Waals surface area (Å²) in [6.45, 7) is 0. The molecule has 6 heteroatoms. The predicted octanol–water partition coefficient (Wildman–Crippen LogP) is 3.95. The van der Waals surface area contributed by atoms with Crippen LogP contribution < -0.4 is 11.1 Å². The highest BCUT2D eigenvalue weighted by molar-refractivity contribution is 7.11. The van der Waals surface area contributed by atoms with Gasteiger partial charge in [0.15, 0.2) is 0 Å². The average molecular weight is 357 g/mol. The summed E-state index contributed by atoms with van der Waals surface area (Å²) in [7, 11) is 0. The monoisotopic (exact) mass is 356 g/mol. The zero-order chi connectivity index (χ0) is 14.7. The Bertz CT molecular complexity index is 537. The SMILES string of the molecule is Cl.N[C@@H]1CCC[C@H]1CC(=O)NC(c1cccs1)c1cccs1. The number of halogens is 1. The smallest absolute Gasteiger partial charge is 0.221 e. The second-order valence-corrected chi connectivity index (χ2v) is 7.55. The molecule has 0 unspecified atom stereocenters. The lowest BCUT2D eigenvalue weighted by Gasteiger charge is -2.19. The lowest BCUT2D eigenvalue weighted by atomic mass is 9.99. The third-order valence-corrected chi connectivity index (χ3v) is 6.00. The fraction of sp³-hybridized carbons (Fsp3) is 0.438. The van der Waals surface area contributed by atoms with E-state index in [-0.39, 0.29) is 30.4 Å². The van der Waals surface area contributed by atoms with Crippen LogP contribution in [0, 0.1) is 5.92 Å². The molecule has 3 N–H and O–H groups in total. The minimum Gasteiger partial charge on any atom is -0.344 e. The van der Waals surface area contributed by atoms with Gasteiger partial charge in [0, 0.05) is 22.2 Å². The van der Waals surface area contributed by atoms with E-state index in [0.29, 0.717) is 12.3 Å². The fourth-order valence-corrected chi connectivity index (χ4v) is 4.63. The van der Waals surface area contributed by atoms with Gasteiger partial charge in [-0.3, -0.25) is 4.79 Å². The minimum atomic E-state index is -0.0184. The molecule has 2 aromatic heterocycles. The van der Waals surface area contributed by atoms with Crippen LogP contribution in [0.2, 0.25) is 0 Å². The Morgan fingerprint density at radius 2 is 1.86 bits per heavy atom. The largest absolute Gasteiger partial charge is 0.344 e. The van der Waals surface area contributed by atoms with E-state index in [1.165, 1.54) is 9.75 Å². The Balaban J connectivity index is 0.00000176. The standard InChI is InChI=1S/C16H20N2OS2.ClH/c17-12-5-1-4-11(12)10-15(19)18-16(13-6-2-8-20-13)14-7-3-9-21-14;/h2-3,6-9,11-12,16H,1,4-5,10,17H2,(H,18,19);1H/t11-,12+;/m0./s1. The van der Waals surface area contributed by atoms with Gasteiger partial charge in [0.25, 0.3) is 0 Å². The predicted molar refractivity (Wildman–Crippen MR) is 95.8 cm³/mol. The second-order valence-electron chi connectivity index (χ2n) is 5.59. The molecular formula is C16H21ClN2OS2. The van der Waals surface area contributed by atoms with Gasteiger partial charge >= 0.3 is 0 Å². The highest BCUT2D eigenvalue weighted by atomic mass is 35.5. The summed E-state index contributed by atoms with van der Waals surface area (Å²) in [4.78, 5) is 14.8. The van der Waals surface area contributed by atoms with Crippen LogP contribution in [0.5, 0.6) is 0 Å². The molecule has 0 aromatic carbocycles. The maximum Gasteiger partial charge on any atom is 0.221 e. The van der Waals surface area contributed by atoms with Crippen molar-refractivity contribution in [2.24, 2.45) is 11.7 Å². The summed E-state index contributed by atoms with van der Waals surface area (Å²) in [5, 5.41) is 7.30. The Labute approximate surface area is 145 Å². The van der Waals surface area contributed by atoms with Gasteiger partial charge in [0.1, 0.15) is 0 Å². The molecular weight excluding hydrogens is 336 g/mol. The molecule has 1 aliphatic carbocycles. The topological polar surface area (TPSA) is 55.1 Å². The molecule has 3 nitrogen and oxygen atoms in total. The van der Waals surface area contributed by atoms with Crippen molar-refractivity contribution in [1.29, 1.82) is 0 Å². The van der Waals surface area contributed by atoms with Crippen molar-refractivity contribution in [1.82, 2.24) is 5.32 Å². The molecule has 1 amide bonds. The van der Waals surface area contributed by atoms with E-state index >= 15 is 0 Å². The van der Waals surface area contributed by atoms with E-state index in [1.807, 2.05) is 12.1 Å². The first-order valence-corrected chi connectivity index (χ1v) is 9.11. The summed E-state index contributed by atoms with van der Waals surface area (Å²) in [6.07, 6.45) is 3.83. The van der Waals surface area contributed by atoms with Gasteiger partial charge in [0.2, 0.25) is 5.91 Å². The van der Waals surface area contributed by atoms with Crippen LogP contribution in [-0.2, 0) is 4.79 Å². The van der Waals surface area contributed by atoms with Crippen LogP contribution in [0.3, 0.4) is 0 Å². The van der Waals surface area contributed by atoms with Crippen molar-refractivity contribution in [3.8, 4) is 0 Å². The molecule has 0 saturated heterocycles. The van der Waals surface area contributed by atoms with E-state index in [4.69, 9.17) is 5.73 Å². The molecule has 0 aliphatic heterocycles. The van der Waals surface area contributed by atoms with E-state index < -0.39 is 0 Å². The fourth-order valence-electron chi connectivity index (χ4n) is 2.97. The summed E-state index contributed by atoms with van der Waals surface area (Å²) in [5.74, 6) is 0.460.